The summed E-state index contributed by atoms with van der Waals surface area (Å²) in [4.78, 5) is 12.6. The molecule has 5 nitrogen and oxygen atoms in total. The lowest BCUT2D eigenvalue weighted by Crippen LogP contribution is -2.35. The highest BCUT2D eigenvalue weighted by Crippen LogP contribution is 2.29. The Morgan fingerprint density at radius 2 is 2.14 bits per heavy atom. The van der Waals surface area contributed by atoms with Crippen LogP contribution in [0.25, 0.3) is 16.6 Å². The smallest absolute Gasteiger partial charge is 0.251 e. The van der Waals surface area contributed by atoms with Gasteiger partial charge in [0.1, 0.15) is 5.83 Å². The van der Waals surface area contributed by atoms with E-state index in [0.717, 1.165) is 27.1 Å². The first-order valence-electron chi connectivity index (χ1n) is 8.69. The molecule has 1 aromatic heterocycles. The van der Waals surface area contributed by atoms with Gasteiger partial charge in [0, 0.05) is 33.4 Å². The van der Waals surface area contributed by atoms with E-state index in [1.54, 1.807) is 18.2 Å². The van der Waals surface area contributed by atoms with Gasteiger partial charge >= 0.3 is 0 Å². The van der Waals surface area contributed by atoms with Gasteiger partial charge in [0.05, 0.1) is 17.0 Å². The zero-order valence-corrected chi connectivity index (χ0v) is 17.7. The third-order valence-electron chi connectivity index (χ3n) is 4.65. The number of hydrogen-bond donors (Lipinski definition) is 1. The molecule has 1 atom stereocenters. The maximum Gasteiger partial charge on any atom is 0.251 e. The lowest BCUT2D eigenvalue weighted by Gasteiger charge is -2.11. The van der Waals surface area contributed by atoms with Crippen molar-refractivity contribution in [1.82, 2.24) is 9.88 Å². The minimum absolute atomic E-state index is 0.0219. The van der Waals surface area contributed by atoms with E-state index in [2.05, 4.69) is 27.8 Å². The Bertz CT molecular complexity index is 1120. The predicted octanol–water partition coefficient (Wildman–Crippen LogP) is 4.22. The quantitative estimate of drug-likeness (QED) is 0.670. The van der Waals surface area contributed by atoms with Crippen LogP contribution in [-0.2, 0) is 9.84 Å². The van der Waals surface area contributed by atoms with Gasteiger partial charge in [0.15, 0.2) is 9.84 Å². The molecule has 0 radical (unpaired) electrons. The first kappa shape index (κ1) is 20.5. The van der Waals surface area contributed by atoms with Crippen LogP contribution in [0.2, 0.25) is 0 Å². The second-order valence-electron chi connectivity index (χ2n) is 6.72. The number of hydrogen-bond acceptors (Lipinski definition) is 3. The highest BCUT2D eigenvalue weighted by molar-refractivity contribution is 9.10. The van der Waals surface area contributed by atoms with Crippen LogP contribution < -0.4 is 5.32 Å². The Labute approximate surface area is 171 Å². The van der Waals surface area contributed by atoms with Crippen LogP contribution in [0.15, 0.2) is 59.5 Å². The number of rotatable bonds is 5. The first-order chi connectivity index (χ1) is 13.2. The molecule has 1 aromatic carbocycles. The monoisotopic (exact) mass is 466 g/mol. The van der Waals surface area contributed by atoms with Gasteiger partial charge in [-0.1, -0.05) is 12.6 Å². The van der Waals surface area contributed by atoms with E-state index in [0.29, 0.717) is 12.0 Å². The summed E-state index contributed by atoms with van der Waals surface area (Å²) in [6, 6.07) is 4.90. The van der Waals surface area contributed by atoms with Crippen LogP contribution in [0.5, 0.6) is 0 Å². The van der Waals surface area contributed by atoms with Crippen LogP contribution in [-0.4, -0.2) is 36.4 Å². The molecule has 0 aliphatic carbocycles. The van der Waals surface area contributed by atoms with Crippen molar-refractivity contribution in [2.45, 2.75) is 19.4 Å². The van der Waals surface area contributed by atoms with E-state index in [1.807, 2.05) is 23.8 Å². The predicted molar refractivity (Wildman–Crippen MR) is 113 cm³/mol. The van der Waals surface area contributed by atoms with E-state index in [-0.39, 0.29) is 23.5 Å². The molecule has 1 N–H and O–H groups in total. The third kappa shape index (κ3) is 4.44. The summed E-state index contributed by atoms with van der Waals surface area (Å²) in [5.41, 5.74) is 1.97. The molecule has 28 heavy (non-hydrogen) atoms. The zero-order chi connectivity index (χ0) is 20.5. The van der Waals surface area contributed by atoms with Gasteiger partial charge in [0.2, 0.25) is 0 Å². The largest absolute Gasteiger partial charge is 0.348 e. The molecular weight excluding hydrogens is 447 g/mol. The van der Waals surface area contributed by atoms with Crippen molar-refractivity contribution in [3.8, 4) is 0 Å². The van der Waals surface area contributed by atoms with Crippen molar-refractivity contribution in [2.24, 2.45) is 0 Å². The Hall–Kier alpha value is -2.19. The van der Waals surface area contributed by atoms with Crippen LogP contribution in [0.1, 0.15) is 23.7 Å². The molecule has 1 saturated heterocycles. The fourth-order valence-corrected chi connectivity index (χ4v) is 5.36. The number of fused-ring (bicyclic) bond motifs is 1. The molecular formula is C20H20BrFN2O3S. The number of nitrogens with zero attached hydrogens (tertiary/aromatic N) is 1. The van der Waals surface area contributed by atoms with Crippen molar-refractivity contribution in [2.75, 3.05) is 11.5 Å². The van der Waals surface area contributed by atoms with Crippen LogP contribution >= 0.6 is 15.9 Å². The van der Waals surface area contributed by atoms with Crippen molar-refractivity contribution in [3.05, 3.63) is 65.1 Å². The summed E-state index contributed by atoms with van der Waals surface area (Å²) in [7, 11) is -3.06. The maximum absolute atomic E-state index is 13.3. The number of benzene rings is 1. The maximum atomic E-state index is 13.3. The summed E-state index contributed by atoms with van der Waals surface area (Å²) in [6.07, 6.45) is 6.35. The molecule has 8 heteroatoms. The van der Waals surface area contributed by atoms with Gasteiger partial charge in [-0.05, 0) is 59.6 Å². The summed E-state index contributed by atoms with van der Waals surface area (Å²) < 4.78 is 39.2. The minimum atomic E-state index is -3.06. The van der Waals surface area contributed by atoms with Crippen LogP contribution in [0.4, 0.5) is 4.39 Å². The molecule has 1 aliphatic heterocycles. The van der Waals surface area contributed by atoms with Gasteiger partial charge in [-0.25, -0.2) is 12.8 Å². The van der Waals surface area contributed by atoms with E-state index in [4.69, 9.17) is 0 Å². The second-order valence-corrected chi connectivity index (χ2v) is 9.80. The zero-order valence-electron chi connectivity index (χ0n) is 15.3. The third-order valence-corrected chi connectivity index (χ3v) is 7.05. The number of aromatic nitrogens is 1. The molecule has 2 aromatic rings. The summed E-state index contributed by atoms with van der Waals surface area (Å²) in [5, 5.41) is 3.70. The average molecular weight is 467 g/mol. The van der Waals surface area contributed by atoms with Gasteiger partial charge in [-0.3, -0.25) is 4.79 Å². The standard InChI is InChI=1S/C20H20BrFN2O3S/c1-3-15(22)6-4-13(2)24-11-18(21)17-7-5-14(10-19(17)24)20(25)23-16-8-9-28(26,27)12-16/h3-7,10-11,16H,1,8-9,12H2,2H3,(H,23,25)/b13-4+,15-6+. The topological polar surface area (TPSA) is 68.2 Å². The molecule has 1 amide bonds. The van der Waals surface area contributed by atoms with Gasteiger partial charge in [0.25, 0.3) is 5.91 Å². The normalized spacial score (nSPS) is 19.8. The van der Waals surface area contributed by atoms with Gasteiger partial charge in [-0.15, -0.1) is 0 Å². The number of halogens is 2. The Balaban J connectivity index is 1.92. The average Bonchev–Trinajstić information content (AvgIpc) is 3.17. The molecule has 1 aliphatic rings. The van der Waals surface area contributed by atoms with Crippen LogP contribution in [0.3, 0.4) is 0 Å². The Morgan fingerprint density at radius 3 is 2.79 bits per heavy atom. The minimum Gasteiger partial charge on any atom is -0.348 e. The lowest BCUT2D eigenvalue weighted by molar-refractivity contribution is 0.0941. The SMILES string of the molecule is C=C/C(F)=C\C=C(/C)n1cc(Br)c2ccc(C(=O)NC3CCS(=O)(=O)C3)cc21. The molecule has 0 saturated carbocycles. The molecule has 0 spiro atoms. The number of carbonyl (C=O) groups excluding carboxylic acids is 1. The molecule has 1 fully saturated rings. The van der Waals surface area contributed by atoms with E-state index >= 15 is 0 Å². The highest BCUT2D eigenvalue weighted by Gasteiger charge is 2.29. The van der Waals surface area contributed by atoms with E-state index in [9.17, 15) is 17.6 Å². The lowest BCUT2D eigenvalue weighted by atomic mass is 10.1. The van der Waals surface area contributed by atoms with E-state index in [1.165, 1.54) is 6.08 Å². The van der Waals surface area contributed by atoms with Gasteiger partial charge in [-0.2, -0.15) is 0 Å². The summed E-state index contributed by atoms with van der Waals surface area (Å²) in [6.45, 7) is 5.21. The highest BCUT2D eigenvalue weighted by atomic mass is 79.9. The fourth-order valence-electron chi connectivity index (χ4n) is 3.14. The van der Waals surface area contributed by atoms with Crippen molar-refractivity contribution in [3.63, 3.8) is 0 Å². The molecule has 2 heterocycles. The number of amides is 1. The van der Waals surface area contributed by atoms with Gasteiger partial charge < -0.3 is 9.88 Å². The Kier molecular flexibility index (Phi) is 5.90. The first-order valence-corrected chi connectivity index (χ1v) is 11.3. The van der Waals surface area contributed by atoms with Crippen molar-refractivity contribution >= 4 is 48.3 Å². The van der Waals surface area contributed by atoms with Crippen molar-refractivity contribution in [1.29, 1.82) is 0 Å². The Morgan fingerprint density at radius 1 is 1.39 bits per heavy atom. The molecule has 3 rings (SSSR count). The second kappa shape index (κ2) is 8.05. The van der Waals surface area contributed by atoms with E-state index < -0.39 is 15.7 Å². The number of nitrogens with one attached hydrogen (secondary N) is 1. The van der Waals surface area contributed by atoms with Crippen LogP contribution in [0, 0.1) is 0 Å². The summed E-state index contributed by atoms with van der Waals surface area (Å²) >= 11 is 3.50. The summed E-state index contributed by atoms with van der Waals surface area (Å²) in [5.74, 6) is -0.675. The molecule has 0 bridgehead atoms. The van der Waals surface area contributed by atoms with Crippen molar-refractivity contribution < 1.29 is 17.6 Å². The number of allylic oxidation sites excluding steroid dienone is 5. The number of carbonyl (C=O) groups is 1. The fraction of sp³-hybridized carbons (Fsp3) is 0.250. The number of sulfone groups is 1. The molecule has 148 valence electrons. The molecule has 1 unspecified atom stereocenters.